The third-order valence-corrected chi connectivity index (χ3v) is 9.97. The lowest BCUT2D eigenvalue weighted by Crippen LogP contribution is -2.56. The van der Waals surface area contributed by atoms with E-state index in [2.05, 4.69) is 36.7 Å². The van der Waals surface area contributed by atoms with Crippen LogP contribution in [0.25, 0.3) is 0 Å². The molecule has 0 bridgehead atoms. The van der Waals surface area contributed by atoms with Gasteiger partial charge in [0.25, 0.3) is 0 Å². The third kappa shape index (κ3) is 15.4. The normalized spacial score (nSPS) is 17.6. The van der Waals surface area contributed by atoms with Gasteiger partial charge in [0.2, 0.25) is 23.6 Å². The average Bonchev–Trinajstić information content (AvgIpc) is 3.60. The van der Waals surface area contributed by atoms with Crippen LogP contribution in [0.2, 0.25) is 0 Å². The fourth-order valence-corrected chi connectivity index (χ4v) is 6.33. The molecule has 0 aliphatic carbocycles. The summed E-state index contributed by atoms with van der Waals surface area (Å²) in [5.41, 5.74) is 0.784. The molecule has 4 amide bonds. The van der Waals surface area contributed by atoms with E-state index < -0.39 is 54.2 Å². The van der Waals surface area contributed by atoms with Gasteiger partial charge in [-0.1, -0.05) is 92.1 Å². The summed E-state index contributed by atoms with van der Waals surface area (Å²) in [5.74, 6) is -2.34. The summed E-state index contributed by atoms with van der Waals surface area (Å²) in [6, 6.07) is 6.35. The molecule has 0 radical (unpaired) electrons. The van der Waals surface area contributed by atoms with Crippen molar-refractivity contribution in [2.24, 2.45) is 23.7 Å². The van der Waals surface area contributed by atoms with Crippen molar-refractivity contribution in [2.75, 3.05) is 41.4 Å². The summed E-state index contributed by atoms with van der Waals surface area (Å²) in [6.45, 7) is 16.5. The second-order valence-electron chi connectivity index (χ2n) is 15.2. The Morgan fingerprint density at radius 3 is 1.96 bits per heavy atom. The number of carboxylic acids is 1. The van der Waals surface area contributed by atoms with Gasteiger partial charge < -0.3 is 40.3 Å². The SMILES string of the molecule is CCC(C)C.CN[C@H](C(=O)N[C@@H](C(=O)N(C)C[C@@H](CC(=O)N1CCC[C@H]1[C@H](OC)[C@@H](C)C(=O)N[C@H](Cc1ccccc1)C(=O)O)OC)C(C)C)C(C)C. The van der Waals surface area contributed by atoms with E-state index in [-0.39, 0.29) is 48.9 Å². The van der Waals surface area contributed by atoms with E-state index in [1.54, 1.807) is 38.1 Å². The topological polar surface area (TPSA) is 167 Å². The molecule has 1 aliphatic heterocycles. The highest BCUT2D eigenvalue weighted by Crippen LogP contribution is 2.28. The molecule has 53 heavy (non-hydrogen) atoms. The van der Waals surface area contributed by atoms with Crippen LogP contribution in [-0.2, 0) is 39.9 Å². The first-order chi connectivity index (χ1) is 24.9. The van der Waals surface area contributed by atoms with E-state index >= 15 is 0 Å². The molecule has 1 aromatic carbocycles. The van der Waals surface area contributed by atoms with Crippen LogP contribution in [0.5, 0.6) is 0 Å². The quantitative estimate of drug-likeness (QED) is 0.156. The van der Waals surface area contributed by atoms with E-state index in [0.717, 1.165) is 11.5 Å². The molecule has 7 atom stereocenters. The summed E-state index contributed by atoms with van der Waals surface area (Å²) >= 11 is 0. The standard InChI is InChI=1S/C35H57N5O8.C5H12/c1-21(2)29(36-6)33(43)38-30(22(3)4)34(44)39(7)20-25(47-8)19-28(41)40-17-13-16-27(40)31(48-9)23(5)32(42)37-26(35(45)46)18-24-14-11-10-12-15-24;1-4-5(2)3/h10-12,14-15,21-23,25-27,29-31,36H,13,16-20H2,1-9H3,(H,37,42)(H,38,43)(H,45,46);5H,4H2,1-3H3/t23-,25-,26-,27+,29+,30-,31-;/m1./s1. The van der Waals surface area contributed by atoms with Gasteiger partial charge in [0.1, 0.15) is 12.1 Å². The first-order valence-electron chi connectivity index (χ1n) is 19.1. The van der Waals surface area contributed by atoms with Crippen molar-refractivity contribution in [1.29, 1.82) is 0 Å². The zero-order valence-corrected chi connectivity index (χ0v) is 34.3. The highest BCUT2D eigenvalue weighted by molar-refractivity contribution is 5.90. The van der Waals surface area contributed by atoms with Crippen molar-refractivity contribution in [3.63, 3.8) is 0 Å². The van der Waals surface area contributed by atoms with Gasteiger partial charge in [-0.15, -0.1) is 0 Å². The van der Waals surface area contributed by atoms with E-state index in [0.29, 0.717) is 19.4 Å². The number of amides is 4. The molecule has 1 aliphatic rings. The Hall–Kier alpha value is -3.55. The zero-order valence-electron chi connectivity index (χ0n) is 34.3. The maximum absolute atomic E-state index is 13.7. The Labute approximate surface area is 318 Å². The van der Waals surface area contributed by atoms with E-state index in [9.17, 15) is 29.1 Å². The molecule has 0 aromatic heterocycles. The molecular formula is C40H69N5O8. The second-order valence-corrected chi connectivity index (χ2v) is 15.2. The summed E-state index contributed by atoms with van der Waals surface area (Å²) < 4.78 is 11.4. The second kappa shape index (κ2) is 24.0. The molecule has 4 N–H and O–H groups in total. The van der Waals surface area contributed by atoms with Crippen LogP contribution in [0, 0.1) is 23.7 Å². The fourth-order valence-electron chi connectivity index (χ4n) is 6.33. The number of hydrogen-bond acceptors (Lipinski definition) is 8. The number of nitrogens with zero attached hydrogens (tertiary/aromatic N) is 2. The zero-order chi connectivity index (χ0) is 40.4. The van der Waals surface area contributed by atoms with Gasteiger partial charge in [-0.05, 0) is 43.2 Å². The highest BCUT2D eigenvalue weighted by Gasteiger charge is 2.41. The number of nitrogens with one attached hydrogen (secondary N) is 3. The predicted molar refractivity (Wildman–Crippen MR) is 207 cm³/mol. The van der Waals surface area contributed by atoms with Gasteiger partial charge in [-0.3, -0.25) is 19.2 Å². The first kappa shape index (κ1) is 47.5. The van der Waals surface area contributed by atoms with Crippen molar-refractivity contribution in [2.45, 2.75) is 124 Å². The Bertz CT molecular complexity index is 1280. The minimum absolute atomic E-state index is 0.00627. The van der Waals surface area contributed by atoms with Crippen LogP contribution in [-0.4, -0.2) is 122 Å². The molecule has 1 saturated heterocycles. The summed E-state index contributed by atoms with van der Waals surface area (Å²) in [5, 5.41) is 18.3. The number of carbonyl (C=O) groups is 5. The van der Waals surface area contributed by atoms with Crippen molar-refractivity contribution in [3.05, 3.63) is 35.9 Å². The maximum Gasteiger partial charge on any atom is 0.326 e. The summed E-state index contributed by atoms with van der Waals surface area (Å²) in [4.78, 5) is 68.5. The molecule has 1 aromatic rings. The van der Waals surface area contributed by atoms with E-state index in [1.807, 2.05) is 45.9 Å². The molecule has 1 heterocycles. The number of likely N-dealkylation sites (tertiary alicyclic amines) is 1. The average molecular weight is 748 g/mol. The molecule has 13 heteroatoms. The number of hydrogen-bond donors (Lipinski definition) is 4. The lowest BCUT2D eigenvalue weighted by atomic mass is 9.94. The Morgan fingerprint density at radius 2 is 1.49 bits per heavy atom. The van der Waals surface area contributed by atoms with Crippen molar-refractivity contribution in [1.82, 2.24) is 25.8 Å². The molecule has 0 saturated carbocycles. The largest absolute Gasteiger partial charge is 0.480 e. The van der Waals surface area contributed by atoms with Gasteiger partial charge in [0, 0.05) is 40.8 Å². The number of ether oxygens (including phenoxy) is 2. The minimum Gasteiger partial charge on any atom is -0.480 e. The van der Waals surface area contributed by atoms with Gasteiger partial charge in [0.15, 0.2) is 0 Å². The summed E-state index contributed by atoms with van der Waals surface area (Å²) in [6.07, 6.45) is 1.47. The Morgan fingerprint density at radius 1 is 0.906 bits per heavy atom. The number of rotatable bonds is 20. The third-order valence-electron chi connectivity index (χ3n) is 9.97. The molecule has 0 spiro atoms. The minimum atomic E-state index is -1.14. The molecular weight excluding hydrogens is 678 g/mol. The van der Waals surface area contributed by atoms with Gasteiger partial charge in [-0.25, -0.2) is 4.79 Å². The van der Waals surface area contributed by atoms with Crippen LogP contribution in [0.3, 0.4) is 0 Å². The van der Waals surface area contributed by atoms with Crippen LogP contribution in [0.1, 0.15) is 86.6 Å². The number of likely N-dealkylation sites (N-methyl/N-ethyl adjacent to an activating group) is 2. The van der Waals surface area contributed by atoms with Crippen LogP contribution in [0.15, 0.2) is 30.3 Å². The monoisotopic (exact) mass is 748 g/mol. The van der Waals surface area contributed by atoms with Crippen molar-refractivity contribution >= 4 is 29.6 Å². The van der Waals surface area contributed by atoms with Crippen LogP contribution >= 0.6 is 0 Å². The molecule has 1 fully saturated rings. The molecule has 13 nitrogen and oxygen atoms in total. The molecule has 2 rings (SSSR count). The van der Waals surface area contributed by atoms with Crippen LogP contribution < -0.4 is 16.0 Å². The van der Waals surface area contributed by atoms with Crippen LogP contribution in [0.4, 0.5) is 0 Å². The van der Waals surface area contributed by atoms with Crippen molar-refractivity contribution < 1.29 is 38.6 Å². The van der Waals surface area contributed by atoms with Gasteiger partial charge >= 0.3 is 5.97 Å². The predicted octanol–water partition coefficient (Wildman–Crippen LogP) is 3.74. The molecule has 302 valence electrons. The number of carbonyl (C=O) groups excluding carboxylic acids is 4. The molecule has 0 unspecified atom stereocenters. The van der Waals surface area contributed by atoms with Gasteiger partial charge in [-0.2, -0.15) is 0 Å². The lowest BCUT2D eigenvalue weighted by molar-refractivity contribution is -0.145. The van der Waals surface area contributed by atoms with E-state index in [4.69, 9.17) is 9.47 Å². The Balaban J connectivity index is 0.00000262. The number of benzene rings is 1. The lowest BCUT2D eigenvalue weighted by Gasteiger charge is -2.35. The van der Waals surface area contributed by atoms with Gasteiger partial charge in [0.05, 0.1) is 36.6 Å². The first-order valence-corrected chi connectivity index (χ1v) is 19.1. The maximum atomic E-state index is 13.7. The van der Waals surface area contributed by atoms with E-state index in [1.165, 1.54) is 25.5 Å². The number of methoxy groups -OCH3 is 2. The number of aliphatic carboxylic acids is 1. The fraction of sp³-hybridized carbons (Fsp3) is 0.725. The van der Waals surface area contributed by atoms with Crippen molar-refractivity contribution in [3.8, 4) is 0 Å². The smallest absolute Gasteiger partial charge is 0.326 e. The highest BCUT2D eigenvalue weighted by atomic mass is 16.5. The number of carboxylic acid groups (broad SMARTS) is 1. The Kier molecular flexibility index (Phi) is 21.5. The summed E-state index contributed by atoms with van der Waals surface area (Å²) in [7, 11) is 6.30.